The SMILES string of the molecule is CCc1ccccc1CNc1cnccn1. The highest BCUT2D eigenvalue weighted by Gasteiger charge is 1.99. The number of aromatic nitrogens is 2. The molecule has 0 spiro atoms. The zero-order chi connectivity index (χ0) is 11.2. The zero-order valence-electron chi connectivity index (χ0n) is 9.35. The van der Waals surface area contributed by atoms with Gasteiger partial charge in [0.15, 0.2) is 0 Å². The number of anilines is 1. The number of hydrogen-bond donors (Lipinski definition) is 1. The largest absolute Gasteiger partial charge is 0.365 e. The maximum Gasteiger partial charge on any atom is 0.144 e. The van der Waals surface area contributed by atoms with Gasteiger partial charge in [0.1, 0.15) is 5.82 Å². The van der Waals surface area contributed by atoms with Crippen molar-refractivity contribution in [3.05, 3.63) is 54.0 Å². The van der Waals surface area contributed by atoms with E-state index in [9.17, 15) is 0 Å². The molecule has 0 unspecified atom stereocenters. The van der Waals surface area contributed by atoms with E-state index >= 15 is 0 Å². The summed E-state index contributed by atoms with van der Waals surface area (Å²) in [5, 5.41) is 3.26. The molecule has 0 aliphatic rings. The van der Waals surface area contributed by atoms with E-state index in [4.69, 9.17) is 0 Å². The first-order chi connectivity index (χ1) is 7.90. The highest BCUT2D eigenvalue weighted by Crippen LogP contribution is 2.11. The average Bonchev–Trinajstić information content (AvgIpc) is 2.38. The van der Waals surface area contributed by atoms with Gasteiger partial charge in [0.2, 0.25) is 0 Å². The Bertz CT molecular complexity index is 440. The highest BCUT2D eigenvalue weighted by molar-refractivity contribution is 5.35. The second-order valence-corrected chi connectivity index (χ2v) is 3.57. The molecule has 1 aromatic heterocycles. The molecule has 3 nitrogen and oxygen atoms in total. The predicted molar refractivity (Wildman–Crippen MR) is 65.2 cm³/mol. The van der Waals surface area contributed by atoms with Gasteiger partial charge in [0.25, 0.3) is 0 Å². The van der Waals surface area contributed by atoms with E-state index in [1.165, 1.54) is 11.1 Å². The van der Waals surface area contributed by atoms with E-state index in [2.05, 4.69) is 46.5 Å². The van der Waals surface area contributed by atoms with Crippen molar-refractivity contribution in [1.82, 2.24) is 9.97 Å². The monoisotopic (exact) mass is 213 g/mol. The van der Waals surface area contributed by atoms with Gasteiger partial charge in [-0.3, -0.25) is 4.98 Å². The number of nitrogens with zero attached hydrogens (tertiary/aromatic N) is 2. The molecular formula is C13H15N3. The topological polar surface area (TPSA) is 37.8 Å². The fraction of sp³-hybridized carbons (Fsp3) is 0.231. The molecule has 0 saturated heterocycles. The molecule has 1 aromatic carbocycles. The van der Waals surface area contributed by atoms with Crippen molar-refractivity contribution >= 4 is 5.82 Å². The first kappa shape index (κ1) is 10.6. The molecule has 2 aromatic rings. The van der Waals surface area contributed by atoms with Crippen molar-refractivity contribution in [2.75, 3.05) is 5.32 Å². The molecule has 1 heterocycles. The Morgan fingerprint density at radius 3 is 2.62 bits per heavy atom. The third kappa shape index (κ3) is 2.57. The van der Waals surface area contributed by atoms with Gasteiger partial charge in [0.05, 0.1) is 6.20 Å². The Hall–Kier alpha value is -1.90. The third-order valence-electron chi connectivity index (χ3n) is 2.52. The molecular weight excluding hydrogens is 198 g/mol. The van der Waals surface area contributed by atoms with Crippen LogP contribution in [0.1, 0.15) is 18.1 Å². The molecule has 0 atom stereocenters. The van der Waals surface area contributed by atoms with Crippen LogP contribution in [-0.2, 0) is 13.0 Å². The molecule has 0 fully saturated rings. The smallest absolute Gasteiger partial charge is 0.144 e. The van der Waals surface area contributed by atoms with Crippen LogP contribution in [0, 0.1) is 0 Å². The van der Waals surface area contributed by atoms with Crippen molar-refractivity contribution in [1.29, 1.82) is 0 Å². The summed E-state index contributed by atoms with van der Waals surface area (Å²) in [5.41, 5.74) is 2.69. The zero-order valence-corrected chi connectivity index (χ0v) is 9.35. The van der Waals surface area contributed by atoms with E-state index < -0.39 is 0 Å². The van der Waals surface area contributed by atoms with E-state index in [1.807, 2.05) is 0 Å². The molecule has 0 amide bonds. The molecule has 0 bridgehead atoms. The quantitative estimate of drug-likeness (QED) is 0.848. The van der Waals surface area contributed by atoms with Crippen LogP contribution < -0.4 is 5.32 Å². The normalized spacial score (nSPS) is 10.1. The maximum absolute atomic E-state index is 4.18. The van der Waals surface area contributed by atoms with Crippen molar-refractivity contribution in [2.24, 2.45) is 0 Å². The van der Waals surface area contributed by atoms with Crippen LogP contribution in [0.3, 0.4) is 0 Å². The lowest BCUT2D eigenvalue weighted by Gasteiger charge is -2.08. The number of benzene rings is 1. The minimum Gasteiger partial charge on any atom is -0.365 e. The Morgan fingerprint density at radius 1 is 1.12 bits per heavy atom. The lowest BCUT2D eigenvalue weighted by atomic mass is 10.1. The van der Waals surface area contributed by atoms with Gasteiger partial charge in [-0.15, -0.1) is 0 Å². The minimum atomic E-state index is 0.794. The summed E-state index contributed by atoms with van der Waals surface area (Å²) in [5.74, 6) is 0.813. The van der Waals surface area contributed by atoms with Crippen LogP contribution in [0.15, 0.2) is 42.9 Å². The number of aryl methyl sites for hydroxylation is 1. The molecule has 0 radical (unpaired) electrons. The first-order valence-corrected chi connectivity index (χ1v) is 5.47. The van der Waals surface area contributed by atoms with Crippen LogP contribution in [0.2, 0.25) is 0 Å². The van der Waals surface area contributed by atoms with Crippen LogP contribution in [0.25, 0.3) is 0 Å². The van der Waals surface area contributed by atoms with Gasteiger partial charge in [-0.05, 0) is 17.5 Å². The van der Waals surface area contributed by atoms with Gasteiger partial charge >= 0.3 is 0 Å². The molecule has 82 valence electrons. The summed E-state index contributed by atoms with van der Waals surface area (Å²) in [6, 6.07) is 8.44. The number of nitrogens with one attached hydrogen (secondary N) is 1. The van der Waals surface area contributed by atoms with Crippen molar-refractivity contribution in [2.45, 2.75) is 19.9 Å². The van der Waals surface area contributed by atoms with E-state index in [-0.39, 0.29) is 0 Å². The summed E-state index contributed by atoms with van der Waals surface area (Å²) in [4.78, 5) is 8.19. The molecule has 0 saturated carbocycles. The van der Waals surface area contributed by atoms with E-state index in [0.717, 1.165) is 18.8 Å². The lowest BCUT2D eigenvalue weighted by Crippen LogP contribution is -2.03. The van der Waals surface area contributed by atoms with Crippen LogP contribution >= 0.6 is 0 Å². The maximum atomic E-state index is 4.18. The summed E-state index contributed by atoms with van der Waals surface area (Å²) in [7, 11) is 0. The standard InChI is InChI=1S/C13H15N3/c1-2-11-5-3-4-6-12(11)9-16-13-10-14-7-8-15-13/h3-8,10H,2,9H2,1H3,(H,15,16). The van der Waals surface area contributed by atoms with Crippen LogP contribution in [0.5, 0.6) is 0 Å². The van der Waals surface area contributed by atoms with Gasteiger partial charge in [-0.25, -0.2) is 4.98 Å². The average molecular weight is 213 g/mol. The van der Waals surface area contributed by atoms with Crippen LogP contribution in [-0.4, -0.2) is 9.97 Å². The van der Waals surface area contributed by atoms with E-state index in [1.54, 1.807) is 18.6 Å². The third-order valence-corrected chi connectivity index (χ3v) is 2.52. The molecule has 0 aliphatic carbocycles. The van der Waals surface area contributed by atoms with Crippen molar-refractivity contribution in [3.8, 4) is 0 Å². The van der Waals surface area contributed by atoms with E-state index in [0.29, 0.717) is 0 Å². The van der Waals surface area contributed by atoms with Crippen LogP contribution in [0.4, 0.5) is 5.82 Å². The van der Waals surface area contributed by atoms with Gasteiger partial charge in [-0.1, -0.05) is 31.2 Å². The Kier molecular flexibility index (Phi) is 3.49. The molecule has 0 aliphatic heterocycles. The molecule has 3 heteroatoms. The second kappa shape index (κ2) is 5.26. The summed E-state index contributed by atoms with van der Waals surface area (Å²) < 4.78 is 0. The second-order valence-electron chi connectivity index (χ2n) is 3.57. The van der Waals surface area contributed by atoms with Gasteiger partial charge in [0, 0.05) is 18.9 Å². The molecule has 2 rings (SSSR count). The Labute approximate surface area is 95.6 Å². The summed E-state index contributed by atoms with van der Waals surface area (Å²) in [6.45, 7) is 2.96. The highest BCUT2D eigenvalue weighted by atomic mass is 15.0. The Morgan fingerprint density at radius 2 is 1.94 bits per heavy atom. The number of hydrogen-bond acceptors (Lipinski definition) is 3. The summed E-state index contributed by atoms with van der Waals surface area (Å²) in [6.07, 6.45) is 6.14. The Balaban J connectivity index is 2.05. The predicted octanol–water partition coefficient (Wildman–Crippen LogP) is 2.65. The van der Waals surface area contributed by atoms with Gasteiger partial charge in [-0.2, -0.15) is 0 Å². The van der Waals surface area contributed by atoms with Crippen molar-refractivity contribution in [3.63, 3.8) is 0 Å². The lowest BCUT2D eigenvalue weighted by molar-refractivity contribution is 1.03. The van der Waals surface area contributed by atoms with Crippen molar-refractivity contribution < 1.29 is 0 Å². The summed E-state index contributed by atoms with van der Waals surface area (Å²) >= 11 is 0. The molecule has 1 N–H and O–H groups in total. The van der Waals surface area contributed by atoms with Gasteiger partial charge < -0.3 is 5.32 Å². The minimum absolute atomic E-state index is 0.794. The fourth-order valence-electron chi connectivity index (χ4n) is 1.65. The molecule has 16 heavy (non-hydrogen) atoms. The number of rotatable bonds is 4. The fourth-order valence-corrected chi connectivity index (χ4v) is 1.65. The first-order valence-electron chi connectivity index (χ1n) is 5.47.